The number of benzene rings is 1. The second kappa shape index (κ2) is 14.1. The van der Waals surface area contributed by atoms with Gasteiger partial charge in [0.1, 0.15) is 0 Å². The van der Waals surface area contributed by atoms with Gasteiger partial charge in [-0.2, -0.15) is 0 Å². The highest BCUT2D eigenvalue weighted by molar-refractivity contribution is 5.94. The molecule has 5 rings (SSSR count). The Morgan fingerprint density at radius 1 is 1.04 bits per heavy atom. The van der Waals surface area contributed by atoms with Gasteiger partial charge in [-0.3, -0.25) is 9.59 Å². The summed E-state index contributed by atoms with van der Waals surface area (Å²) in [6.45, 7) is 11.3. The Balaban J connectivity index is 1.52. The molecule has 2 aromatic rings. The van der Waals surface area contributed by atoms with Gasteiger partial charge in [-0.1, -0.05) is 58.0 Å². The number of aromatic nitrogens is 3. The molecule has 2 bridgehead atoms. The number of nitrogens with zero attached hydrogens (tertiary/aromatic N) is 6. The minimum Gasteiger partial charge on any atom is -0.465 e. The first-order valence-corrected chi connectivity index (χ1v) is 17.0. The predicted octanol–water partition coefficient (Wildman–Crippen LogP) is 5.27. The number of piperidine rings is 1. The van der Waals surface area contributed by atoms with E-state index in [0.29, 0.717) is 26.0 Å². The quantitative estimate of drug-likeness (QED) is 0.334. The van der Waals surface area contributed by atoms with E-state index in [1.54, 1.807) is 16.7 Å². The number of hydrogen-bond acceptors (Lipinski definition) is 6. The van der Waals surface area contributed by atoms with E-state index in [9.17, 15) is 19.5 Å². The maximum atomic E-state index is 14.7. The molecule has 3 aliphatic rings. The van der Waals surface area contributed by atoms with Crippen LogP contribution in [-0.4, -0.2) is 104 Å². The molecule has 46 heavy (non-hydrogen) atoms. The summed E-state index contributed by atoms with van der Waals surface area (Å²) in [5.41, 5.74) is 1.35. The number of rotatable bonds is 11. The van der Waals surface area contributed by atoms with Gasteiger partial charge in [0.15, 0.2) is 5.69 Å². The van der Waals surface area contributed by atoms with Gasteiger partial charge in [-0.05, 0) is 74.8 Å². The zero-order valence-electron chi connectivity index (χ0n) is 28.4. The lowest BCUT2D eigenvalue weighted by Gasteiger charge is -2.51. The van der Waals surface area contributed by atoms with E-state index in [4.69, 9.17) is 4.74 Å². The molecule has 1 aromatic carbocycles. The van der Waals surface area contributed by atoms with E-state index < -0.39 is 29.5 Å². The highest BCUT2D eigenvalue weighted by Gasteiger charge is 2.53. The van der Waals surface area contributed by atoms with Crippen molar-refractivity contribution in [2.45, 2.75) is 110 Å². The average Bonchev–Trinajstić information content (AvgIpc) is 3.75. The smallest absolute Gasteiger partial charge is 0.407 e. The number of amides is 3. The molecule has 3 amide bonds. The number of carboxylic acid groups (broad SMARTS) is 1. The van der Waals surface area contributed by atoms with Crippen LogP contribution in [0.15, 0.2) is 30.3 Å². The summed E-state index contributed by atoms with van der Waals surface area (Å²) < 4.78 is 7.00. The van der Waals surface area contributed by atoms with Crippen molar-refractivity contribution in [2.24, 2.45) is 17.3 Å². The van der Waals surface area contributed by atoms with Crippen LogP contribution in [0.5, 0.6) is 0 Å². The van der Waals surface area contributed by atoms with Crippen LogP contribution in [0.25, 0.3) is 5.69 Å². The SMILES string of the molecule is COCCCCc1c(C(=O)N(CC(C)C)[C@H]2C[C@@H](C(=O)N3C4CCC3CC4)C(C(C)(C)C)N(C(=O)O)C2)nnn1-c1ccccc1. The predicted molar refractivity (Wildman–Crippen MR) is 175 cm³/mol. The highest BCUT2D eigenvalue weighted by Crippen LogP contribution is 2.44. The molecule has 11 nitrogen and oxygen atoms in total. The summed E-state index contributed by atoms with van der Waals surface area (Å²) in [5.74, 6) is -0.659. The van der Waals surface area contributed by atoms with Gasteiger partial charge in [0.05, 0.1) is 29.4 Å². The zero-order valence-corrected chi connectivity index (χ0v) is 28.4. The van der Waals surface area contributed by atoms with Crippen molar-refractivity contribution in [3.63, 3.8) is 0 Å². The molecule has 3 saturated heterocycles. The third-order valence-electron chi connectivity index (χ3n) is 10.1. The summed E-state index contributed by atoms with van der Waals surface area (Å²) >= 11 is 0. The van der Waals surface area contributed by atoms with Crippen LogP contribution in [-0.2, 0) is 16.0 Å². The molecule has 0 spiro atoms. The molecule has 3 fully saturated rings. The van der Waals surface area contributed by atoms with Gasteiger partial charge in [-0.25, -0.2) is 9.48 Å². The van der Waals surface area contributed by atoms with Gasteiger partial charge in [0.25, 0.3) is 5.91 Å². The standard InChI is InChI=1S/C35H52N6O5/c1-23(2)21-38(33(43)30-29(14-10-11-19-46-6)41(37-36-30)26-12-8-7-9-13-26)27-20-28(31(35(3,4)5)39(22-27)34(44)45)32(42)40-24-15-16-25(40)18-17-24/h7-9,12-13,23-25,27-28,31H,10-11,14-22H2,1-6H3,(H,44,45)/t24?,25?,27-,28+,31?/m0/s1. The number of hydrogen-bond donors (Lipinski definition) is 1. The molecule has 0 radical (unpaired) electrons. The normalized spacial score (nSPS) is 24.5. The molecule has 3 aliphatic heterocycles. The Morgan fingerprint density at radius 3 is 2.26 bits per heavy atom. The largest absolute Gasteiger partial charge is 0.465 e. The second-order valence-electron chi connectivity index (χ2n) is 14.9. The van der Waals surface area contributed by atoms with Gasteiger partial charge in [-0.15, -0.1) is 5.10 Å². The van der Waals surface area contributed by atoms with E-state index in [1.165, 1.54) is 4.90 Å². The van der Waals surface area contributed by atoms with E-state index in [-0.39, 0.29) is 42.1 Å². The lowest BCUT2D eigenvalue weighted by molar-refractivity contribution is -0.144. The molecule has 0 saturated carbocycles. The number of ether oxygens (including phenoxy) is 1. The van der Waals surface area contributed by atoms with Crippen LogP contribution < -0.4 is 0 Å². The minimum atomic E-state index is -1.06. The van der Waals surface area contributed by atoms with Gasteiger partial charge in [0.2, 0.25) is 5.91 Å². The van der Waals surface area contributed by atoms with Crippen LogP contribution in [0.3, 0.4) is 0 Å². The fourth-order valence-corrected chi connectivity index (χ4v) is 8.18. The van der Waals surface area contributed by atoms with E-state index >= 15 is 0 Å². The fraction of sp³-hybridized carbons (Fsp3) is 0.686. The van der Waals surface area contributed by atoms with Crippen molar-refractivity contribution >= 4 is 17.9 Å². The summed E-state index contributed by atoms with van der Waals surface area (Å²) in [4.78, 5) is 47.4. The van der Waals surface area contributed by atoms with Crippen molar-refractivity contribution in [1.82, 2.24) is 29.7 Å². The summed E-state index contributed by atoms with van der Waals surface area (Å²) in [6.07, 6.45) is 5.60. The maximum Gasteiger partial charge on any atom is 0.407 e. The van der Waals surface area contributed by atoms with Gasteiger partial charge in [0, 0.05) is 38.9 Å². The average molecular weight is 637 g/mol. The Bertz CT molecular complexity index is 1350. The van der Waals surface area contributed by atoms with E-state index in [2.05, 4.69) is 15.2 Å². The summed E-state index contributed by atoms with van der Waals surface area (Å²) in [5, 5.41) is 19.5. The number of fused-ring (bicyclic) bond motifs is 2. The van der Waals surface area contributed by atoms with E-state index in [1.807, 2.05) is 65.0 Å². The second-order valence-corrected chi connectivity index (χ2v) is 14.9. The molecule has 3 atom stereocenters. The summed E-state index contributed by atoms with van der Waals surface area (Å²) in [7, 11) is 1.68. The Kier molecular flexibility index (Phi) is 10.4. The molecule has 252 valence electrons. The minimum absolute atomic E-state index is 0.0478. The number of unbranched alkanes of at least 4 members (excludes halogenated alkanes) is 1. The number of methoxy groups -OCH3 is 1. The number of para-hydroxylation sites is 1. The van der Waals surface area contributed by atoms with E-state index in [0.717, 1.165) is 49.9 Å². The molecular formula is C35H52N6O5. The molecule has 1 unspecified atom stereocenters. The Hall–Kier alpha value is -3.47. The number of likely N-dealkylation sites (tertiary alicyclic amines) is 1. The lowest BCUT2D eigenvalue weighted by Crippen LogP contribution is -2.64. The van der Waals surface area contributed by atoms with Crippen LogP contribution >= 0.6 is 0 Å². The molecule has 0 aliphatic carbocycles. The first-order valence-electron chi connectivity index (χ1n) is 17.0. The van der Waals surface area contributed by atoms with Crippen molar-refractivity contribution in [2.75, 3.05) is 26.8 Å². The Morgan fingerprint density at radius 2 is 1.70 bits per heavy atom. The zero-order chi connectivity index (χ0) is 33.2. The van der Waals surface area contributed by atoms with Crippen molar-refractivity contribution in [3.05, 3.63) is 41.7 Å². The first-order chi connectivity index (χ1) is 21.9. The molecular weight excluding hydrogens is 584 g/mol. The molecule has 1 N–H and O–H groups in total. The maximum absolute atomic E-state index is 14.7. The third kappa shape index (κ3) is 6.94. The fourth-order valence-electron chi connectivity index (χ4n) is 8.18. The lowest BCUT2D eigenvalue weighted by atomic mass is 9.72. The Labute approximate surface area is 273 Å². The van der Waals surface area contributed by atoms with Crippen LogP contribution in [0.1, 0.15) is 95.7 Å². The van der Waals surface area contributed by atoms with Crippen molar-refractivity contribution in [3.8, 4) is 5.69 Å². The molecule has 11 heteroatoms. The molecule has 1 aromatic heterocycles. The van der Waals surface area contributed by atoms with Gasteiger partial charge < -0.3 is 24.5 Å². The molecule has 4 heterocycles. The monoisotopic (exact) mass is 636 g/mol. The number of carbonyl (C=O) groups is 3. The van der Waals surface area contributed by atoms with Crippen LogP contribution in [0.4, 0.5) is 4.79 Å². The topological polar surface area (TPSA) is 121 Å². The third-order valence-corrected chi connectivity index (χ3v) is 10.1. The summed E-state index contributed by atoms with van der Waals surface area (Å²) in [6, 6.07) is 9.15. The van der Waals surface area contributed by atoms with Crippen LogP contribution in [0, 0.1) is 17.3 Å². The van der Waals surface area contributed by atoms with Crippen molar-refractivity contribution < 1.29 is 24.2 Å². The van der Waals surface area contributed by atoms with Crippen molar-refractivity contribution in [1.29, 1.82) is 0 Å². The van der Waals surface area contributed by atoms with Gasteiger partial charge >= 0.3 is 6.09 Å². The van der Waals surface area contributed by atoms with Crippen LogP contribution in [0.2, 0.25) is 0 Å². The highest BCUT2D eigenvalue weighted by atomic mass is 16.5. The first kappa shape index (κ1) is 33.9. The number of carbonyl (C=O) groups excluding carboxylic acids is 2.